The number of carbonyl (C=O) groups excluding carboxylic acids is 2. The lowest BCUT2D eigenvalue weighted by molar-refractivity contribution is 0.0371. The minimum absolute atomic E-state index is 0.0701. The van der Waals surface area contributed by atoms with Gasteiger partial charge >= 0.3 is 6.03 Å². The first-order valence-corrected chi connectivity index (χ1v) is 14.5. The quantitative estimate of drug-likeness (QED) is 0.367. The van der Waals surface area contributed by atoms with Crippen molar-refractivity contribution in [1.29, 1.82) is 0 Å². The number of hydrogen-bond acceptors (Lipinski definition) is 6. The van der Waals surface area contributed by atoms with Gasteiger partial charge < -0.3 is 25.0 Å². The highest BCUT2D eigenvalue weighted by atomic mass is 32.2. The lowest BCUT2D eigenvalue weighted by Crippen LogP contribution is -2.50. The van der Waals surface area contributed by atoms with Gasteiger partial charge in [-0.3, -0.25) is 9.52 Å². The molecule has 3 atom stereocenters. The second kappa shape index (κ2) is 12.6. The topological polar surface area (TPSA) is 128 Å². The maximum absolute atomic E-state index is 13.6. The highest BCUT2D eigenvalue weighted by Crippen LogP contribution is 2.31. The summed E-state index contributed by atoms with van der Waals surface area (Å²) < 4.78 is 47.8. The van der Waals surface area contributed by atoms with Crippen molar-refractivity contribution in [1.82, 2.24) is 9.80 Å². The van der Waals surface area contributed by atoms with Crippen molar-refractivity contribution in [2.45, 2.75) is 30.9 Å². The molecule has 1 aliphatic rings. The summed E-state index contributed by atoms with van der Waals surface area (Å²) in [6, 6.07) is 16.7. The van der Waals surface area contributed by atoms with Crippen LogP contribution in [-0.4, -0.2) is 74.2 Å². The number of fused-ring (bicyclic) bond motifs is 1. The number of likely N-dealkylation sites (N-methyl/N-ethyl adjacent to an activating group) is 1. The zero-order valence-electron chi connectivity index (χ0n) is 23.0. The van der Waals surface area contributed by atoms with Gasteiger partial charge in [0.25, 0.3) is 15.9 Å². The number of rotatable bonds is 8. The van der Waals surface area contributed by atoms with Gasteiger partial charge in [0.1, 0.15) is 17.7 Å². The molecule has 41 heavy (non-hydrogen) atoms. The summed E-state index contributed by atoms with van der Waals surface area (Å²) in [5.41, 5.74) is 0.718. The molecular weight excluding hydrogens is 551 g/mol. The second-order valence-corrected chi connectivity index (χ2v) is 11.8. The number of nitrogens with one attached hydrogen (secondary N) is 2. The Hall–Kier alpha value is -4.16. The fourth-order valence-corrected chi connectivity index (χ4v) is 5.49. The Labute approximate surface area is 238 Å². The van der Waals surface area contributed by atoms with Crippen LogP contribution in [0.4, 0.5) is 20.6 Å². The van der Waals surface area contributed by atoms with Crippen LogP contribution in [0.15, 0.2) is 77.7 Å². The Bertz CT molecular complexity index is 1490. The molecule has 12 heteroatoms. The fourth-order valence-electron chi connectivity index (χ4n) is 4.42. The lowest BCUT2D eigenvalue weighted by Gasteiger charge is -2.38. The van der Waals surface area contributed by atoms with Gasteiger partial charge in [-0.05, 0) is 61.5 Å². The number of anilines is 2. The van der Waals surface area contributed by atoms with Gasteiger partial charge in [0.15, 0.2) is 0 Å². The van der Waals surface area contributed by atoms with Crippen molar-refractivity contribution in [2.75, 3.05) is 36.8 Å². The summed E-state index contributed by atoms with van der Waals surface area (Å²) in [6.07, 6.45) is -0.564. The van der Waals surface area contributed by atoms with E-state index in [0.717, 1.165) is 0 Å². The van der Waals surface area contributed by atoms with Crippen LogP contribution in [-0.2, 0) is 10.0 Å². The molecule has 0 saturated carbocycles. The van der Waals surface area contributed by atoms with E-state index < -0.39 is 39.9 Å². The van der Waals surface area contributed by atoms with Gasteiger partial charge in [-0.2, -0.15) is 0 Å². The SMILES string of the molecule is C[C@@H]1CN([C@@H](C)CO)C(=O)c2cc(NS(=O)(=O)c3ccccc3)ccc2O[C@H]1CN(C)C(=O)Nc1ccc(F)cc1. The normalized spacial score (nSPS) is 17.9. The van der Waals surface area contributed by atoms with E-state index >= 15 is 0 Å². The molecule has 0 aromatic heterocycles. The first kappa shape index (κ1) is 29.8. The molecule has 0 aliphatic carbocycles. The van der Waals surface area contributed by atoms with Gasteiger partial charge in [0.05, 0.1) is 29.7 Å². The Kier molecular flexibility index (Phi) is 9.14. The number of carbonyl (C=O) groups is 2. The Morgan fingerprint density at radius 3 is 2.44 bits per heavy atom. The number of nitrogens with zero attached hydrogens (tertiary/aromatic N) is 2. The van der Waals surface area contributed by atoms with E-state index in [-0.39, 0.29) is 47.5 Å². The summed E-state index contributed by atoms with van der Waals surface area (Å²) in [7, 11) is -2.32. The fraction of sp³-hybridized carbons (Fsp3) is 0.310. The molecule has 1 heterocycles. The predicted octanol–water partition coefficient (Wildman–Crippen LogP) is 4.01. The van der Waals surface area contributed by atoms with Crippen LogP contribution >= 0.6 is 0 Å². The van der Waals surface area contributed by atoms with E-state index in [0.29, 0.717) is 5.69 Å². The minimum atomic E-state index is -3.91. The molecular formula is C29H33FN4O6S. The van der Waals surface area contributed by atoms with E-state index in [2.05, 4.69) is 10.0 Å². The third-order valence-electron chi connectivity index (χ3n) is 6.87. The number of ether oxygens (including phenoxy) is 1. The summed E-state index contributed by atoms with van der Waals surface area (Å²) in [6.45, 7) is 3.68. The number of amides is 3. The average molecular weight is 585 g/mol. The summed E-state index contributed by atoms with van der Waals surface area (Å²) in [5, 5.41) is 12.6. The van der Waals surface area contributed by atoms with Crippen LogP contribution in [0.2, 0.25) is 0 Å². The highest BCUT2D eigenvalue weighted by molar-refractivity contribution is 7.92. The van der Waals surface area contributed by atoms with Gasteiger partial charge in [0, 0.05) is 30.9 Å². The number of sulfonamides is 1. The molecule has 10 nitrogen and oxygen atoms in total. The Balaban J connectivity index is 1.60. The van der Waals surface area contributed by atoms with Gasteiger partial charge in [0.2, 0.25) is 0 Å². The first-order chi connectivity index (χ1) is 19.5. The maximum Gasteiger partial charge on any atom is 0.321 e. The number of halogens is 1. The molecule has 0 spiro atoms. The van der Waals surface area contributed by atoms with Crippen LogP contribution in [0.5, 0.6) is 5.75 Å². The summed E-state index contributed by atoms with van der Waals surface area (Å²) in [4.78, 5) is 29.5. The van der Waals surface area contributed by atoms with E-state index in [9.17, 15) is 27.5 Å². The molecule has 3 aromatic rings. The molecule has 4 rings (SSSR count). The smallest absolute Gasteiger partial charge is 0.321 e. The average Bonchev–Trinajstić information content (AvgIpc) is 2.96. The number of hydrogen-bond donors (Lipinski definition) is 3. The number of benzene rings is 3. The van der Waals surface area contributed by atoms with Crippen molar-refractivity contribution in [3.63, 3.8) is 0 Å². The number of urea groups is 1. The third kappa shape index (κ3) is 7.14. The van der Waals surface area contributed by atoms with Crippen molar-refractivity contribution < 1.29 is 32.2 Å². The Morgan fingerprint density at radius 1 is 1.12 bits per heavy atom. The molecule has 0 unspecified atom stereocenters. The summed E-state index contributed by atoms with van der Waals surface area (Å²) in [5.74, 6) is -0.871. The van der Waals surface area contributed by atoms with Gasteiger partial charge in [-0.1, -0.05) is 25.1 Å². The van der Waals surface area contributed by atoms with Crippen LogP contribution < -0.4 is 14.8 Å². The molecule has 3 aromatic carbocycles. The van der Waals surface area contributed by atoms with Gasteiger partial charge in [-0.15, -0.1) is 0 Å². The van der Waals surface area contributed by atoms with Crippen LogP contribution in [0.1, 0.15) is 24.2 Å². The number of aliphatic hydroxyl groups is 1. The summed E-state index contributed by atoms with van der Waals surface area (Å²) >= 11 is 0. The molecule has 3 amide bonds. The standard InChI is InChI=1S/C29H33FN4O6S/c1-19-16-34(20(2)18-35)28(36)25-15-23(32-41(38,39)24-7-5-4-6-8-24)13-14-26(25)40-27(19)17-33(3)29(37)31-22-11-9-21(30)10-12-22/h4-15,19-20,27,32,35H,16-18H2,1-3H3,(H,31,37)/t19-,20+,27+/m1/s1. The van der Waals surface area contributed by atoms with Crippen molar-refractivity contribution in [3.05, 3.63) is 84.2 Å². The molecule has 3 N–H and O–H groups in total. The van der Waals surface area contributed by atoms with Crippen LogP contribution in [0.25, 0.3) is 0 Å². The minimum Gasteiger partial charge on any atom is -0.487 e. The van der Waals surface area contributed by atoms with E-state index in [1.807, 2.05) is 6.92 Å². The number of aliphatic hydroxyl groups excluding tert-OH is 1. The van der Waals surface area contributed by atoms with Crippen LogP contribution in [0.3, 0.4) is 0 Å². The molecule has 1 aliphatic heterocycles. The lowest BCUT2D eigenvalue weighted by atomic mass is 9.99. The Morgan fingerprint density at radius 2 is 1.78 bits per heavy atom. The maximum atomic E-state index is 13.6. The molecule has 0 fully saturated rings. The highest BCUT2D eigenvalue weighted by Gasteiger charge is 2.34. The van der Waals surface area contributed by atoms with Crippen molar-refractivity contribution in [3.8, 4) is 5.75 Å². The van der Waals surface area contributed by atoms with Crippen molar-refractivity contribution in [2.24, 2.45) is 5.92 Å². The monoisotopic (exact) mass is 584 g/mol. The van der Waals surface area contributed by atoms with Crippen molar-refractivity contribution >= 4 is 33.3 Å². The third-order valence-corrected chi connectivity index (χ3v) is 8.26. The van der Waals surface area contributed by atoms with Crippen LogP contribution in [0, 0.1) is 11.7 Å². The largest absolute Gasteiger partial charge is 0.487 e. The zero-order chi connectivity index (χ0) is 29.7. The van der Waals surface area contributed by atoms with E-state index in [1.165, 1.54) is 64.4 Å². The first-order valence-electron chi connectivity index (χ1n) is 13.1. The van der Waals surface area contributed by atoms with Gasteiger partial charge in [-0.25, -0.2) is 17.6 Å². The second-order valence-electron chi connectivity index (χ2n) is 10.1. The zero-order valence-corrected chi connectivity index (χ0v) is 23.8. The molecule has 0 bridgehead atoms. The molecule has 0 saturated heterocycles. The van der Waals surface area contributed by atoms with E-state index in [4.69, 9.17) is 4.74 Å². The molecule has 0 radical (unpaired) electrons. The van der Waals surface area contributed by atoms with E-state index in [1.54, 1.807) is 32.2 Å². The predicted molar refractivity (Wildman–Crippen MR) is 153 cm³/mol. The molecule has 218 valence electrons.